The highest BCUT2D eigenvalue weighted by Crippen LogP contribution is 2.27. The van der Waals surface area contributed by atoms with E-state index in [1.165, 1.54) is 51.4 Å². The van der Waals surface area contributed by atoms with Crippen molar-refractivity contribution in [2.75, 3.05) is 0 Å². The van der Waals surface area contributed by atoms with E-state index in [1.807, 2.05) is 0 Å². The molecule has 105 valence electrons. The van der Waals surface area contributed by atoms with Gasteiger partial charge in [0.2, 0.25) is 0 Å². The van der Waals surface area contributed by atoms with Crippen molar-refractivity contribution < 1.29 is 0 Å². The monoisotopic (exact) mass is 257 g/mol. The lowest BCUT2D eigenvalue weighted by Gasteiger charge is -2.22. The van der Waals surface area contributed by atoms with Crippen LogP contribution >= 0.6 is 0 Å². The lowest BCUT2D eigenvalue weighted by molar-refractivity contribution is 0.308. The third-order valence-corrected chi connectivity index (χ3v) is 4.61. The molecule has 0 aromatic carbocycles. The predicted octanol–water partition coefficient (Wildman–Crippen LogP) is 4.52. The molecule has 0 bridgehead atoms. The van der Waals surface area contributed by atoms with Crippen molar-refractivity contribution in [3.05, 3.63) is 0 Å². The van der Waals surface area contributed by atoms with Gasteiger partial charge < -0.3 is 0 Å². The Morgan fingerprint density at radius 3 is 0.684 bits per heavy atom. The maximum absolute atomic E-state index is 4.00. The van der Waals surface area contributed by atoms with Crippen LogP contribution in [0, 0.1) is 23.7 Å². The summed E-state index contributed by atoms with van der Waals surface area (Å²) in [5.41, 5.74) is 0. The van der Waals surface area contributed by atoms with Crippen LogP contribution in [0.5, 0.6) is 0 Å². The summed E-state index contributed by atoms with van der Waals surface area (Å²) < 4.78 is 0. The summed E-state index contributed by atoms with van der Waals surface area (Å²) in [5.74, 6) is 4.08. The van der Waals surface area contributed by atoms with Gasteiger partial charge in [0.05, 0.1) is 0 Å². The van der Waals surface area contributed by atoms with Crippen LogP contribution in [-0.4, -0.2) is 23.9 Å². The smallest absolute Gasteiger partial charge is 0 e. The second-order valence-corrected chi connectivity index (χ2v) is 6.73. The lowest BCUT2D eigenvalue weighted by Crippen LogP contribution is -2.08. The highest BCUT2D eigenvalue weighted by molar-refractivity contribution is 6.75. The second-order valence-electron chi connectivity index (χ2n) is 6.73. The first-order valence-corrected chi connectivity index (χ1v) is 7.91. The SMILES string of the molecule is CC1CCC(C)CC1.CC1CCC(C)CC1.[B].[B][B]. The van der Waals surface area contributed by atoms with Gasteiger partial charge >= 0.3 is 0 Å². The standard InChI is InChI=1S/2C8H16.B2.B/c2*1-7-3-5-8(2)6-4-7;1-2;/h2*7-8H,3-6H2,1-2H3;;. The van der Waals surface area contributed by atoms with E-state index in [0.29, 0.717) is 0 Å². The topological polar surface area (TPSA) is 0 Å². The van der Waals surface area contributed by atoms with E-state index in [-0.39, 0.29) is 8.41 Å². The minimum atomic E-state index is 0. The molecule has 2 saturated carbocycles. The molecule has 2 fully saturated rings. The number of hydrogen-bond acceptors (Lipinski definition) is 0. The Balaban J connectivity index is 0. The van der Waals surface area contributed by atoms with E-state index >= 15 is 0 Å². The molecule has 2 aliphatic rings. The fourth-order valence-electron chi connectivity index (χ4n) is 2.85. The molecule has 19 heavy (non-hydrogen) atoms. The Morgan fingerprint density at radius 1 is 0.474 bits per heavy atom. The van der Waals surface area contributed by atoms with Gasteiger partial charge in [0.1, 0.15) is 0 Å². The molecule has 0 aromatic rings. The third kappa shape index (κ3) is 11.7. The molecule has 3 heteroatoms. The molecule has 0 amide bonds. The van der Waals surface area contributed by atoms with Gasteiger partial charge in [-0.1, -0.05) is 79.1 Å². The highest BCUT2D eigenvalue weighted by atomic mass is 14.2. The molecule has 7 radical (unpaired) electrons. The van der Waals surface area contributed by atoms with E-state index in [0.717, 1.165) is 23.7 Å². The molecule has 0 saturated heterocycles. The van der Waals surface area contributed by atoms with Crippen LogP contribution in [-0.2, 0) is 0 Å². The molecular formula is C16H32B3. The van der Waals surface area contributed by atoms with E-state index in [1.54, 1.807) is 0 Å². The van der Waals surface area contributed by atoms with E-state index in [9.17, 15) is 0 Å². The first-order chi connectivity index (χ1) is 8.58. The first-order valence-electron chi connectivity index (χ1n) is 7.91. The fraction of sp³-hybridized carbons (Fsp3) is 1.00. The molecule has 2 rings (SSSR count). The fourth-order valence-corrected chi connectivity index (χ4v) is 2.85. The maximum Gasteiger partial charge on any atom is 0 e. The van der Waals surface area contributed by atoms with Gasteiger partial charge in [-0.3, -0.25) is 0 Å². The molecule has 0 nitrogen and oxygen atoms in total. The summed E-state index contributed by atoms with van der Waals surface area (Å²) in [6, 6.07) is 0. The van der Waals surface area contributed by atoms with Crippen LogP contribution < -0.4 is 0 Å². The molecule has 0 unspecified atom stereocenters. The second kappa shape index (κ2) is 13.2. The van der Waals surface area contributed by atoms with Gasteiger partial charge in [-0.2, -0.15) is 0 Å². The van der Waals surface area contributed by atoms with Crippen molar-refractivity contribution in [1.29, 1.82) is 0 Å². The van der Waals surface area contributed by atoms with Crippen LogP contribution in [0.25, 0.3) is 0 Å². The minimum absolute atomic E-state index is 0. The van der Waals surface area contributed by atoms with Crippen molar-refractivity contribution >= 4 is 23.9 Å². The Bertz CT molecular complexity index is 129. The maximum atomic E-state index is 4.00. The zero-order valence-corrected chi connectivity index (χ0v) is 13.7. The van der Waals surface area contributed by atoms with Crippen molar-refractivity contribution in [1.82, 2.24) is 0 Å². The normalized spacial score (nSPS) is 33.7. The Morgan fingerprint density at radius 2 is 0.579 bits per heavy atom. The summed E-state index contributed by atoms with van der Waals surface area (Å²) >= 11 is 0. The number of hydrogen-bond donors (Lipinski definition) is 0. The molecule has 0 aromatic heterocycles. The summed E-state index contributed by atoms with van der Waals surface area (Å²) in [5, 5.41) is 0. The molecule has 0 atom stereocenters. The zero-order valence-electron chi connectivity index (χ0n) is 13.7. The van der Waals surface area contributed by atoms with Crippen LogP contribution in [0.2, 0.25) is 0 Å². The summed E-state index contributed by atoms with van der Waals surface area (Å²) in [4.78, 5) is 0. The molecule has 0 aliphatic heterocycles. The Hall–Kier alpha value is 0.195. The van der Waals surface area contributed by atoms with Gasteiger partial charge in [-0.05, 0) is 23.7 Å². The lowest BCUT2D eigenvalue weighted by atomic mass is 9.81. The third-order valence-electron chi connectivity index (χ3n) is 4.61. The molecule has 2 aliphatic carbocycles. The Labute approximate surface area is 127 Å². The molecule has 0 heterocycles. The minimum Gasteiger partial charge on any atom is -0.0625 e. The van der Waals surface area contributed by atoms with Crippen LogP contribution in [0.1, 0.15) is 79.1 Å². The summed E-state index contributed by atoms with van der Waals surface area (Å²) in [6.07, 6.45) is 11.8. The average molecular weight is 257 g/mol. The van der Waals surface area contributed by atoms with E-state index in [4.69, 9.17) is 0 Å². The number of rotatable bonds is 0. The van der Waals surface area contributed by atoms with Gasteiger partial charge in [-0.15, -0.1) is 0 Å². The van der Waals surface area contributed by atoms with Crippen molar-refractivity contribution in [2.45, 2.75) is 79.1 Å². The predicted molar refractivity (Wildman–Crippen MR) is 90.9 cm³/mol. The first kappa shape index (κ1) is 21.5. The zero-order chi connectivity index (χ0) is 14.0. The van der Waals surface area contributed by atoms with Crippen molar-refractivity contribution in [3.63, 3.8) is 0 Å². The van der Waals surface area contributed by atoms with E-state index < -0.39 is 0 Å². The molecule has 0 spiro atoms. The van der Waals surface area contributed by atoms with Crippen molar-refractivity contribution in [2.24, 2.45) is 23.7 Å². The molecular weight excluding hydrogens is 225 g/mol. The highest BCUT2D eigenvalue weighted by Gasteiger charge is 2.13. The van der Waals surface area contributed by atoms with Crippen LogP contribution in [0.15, 0.2) is 0 Å². The van der Waals surface area contributed by atoms with Crippen LogP contribution in [0.4, 0.5) is 0 Å². The van der Waals surface area contributed by atoms with Gasteiger partial charge in [0, 0.05) is 23.9 Å². The quantitative estimate of drug-likeness (QED) is 0.559. The molecule has 0 N–H and O–H groups in total. The largest absolute Gasteiger partial charge is 0.0625 e. The Kier molecular flexibility index (Phi) is 14.9. The summed E-state index contributed by atoms with van der Waals surface area (Å²) in [6.45, 7) is 9.47. The van der Waals surface area contributed by atoms with Gasteiger partial charge in [0.25, 0.3) is 0 Å². The van der Waals surface area contributed by atoms with Crippen LogP contribution in [0.3, 0.4) is 0 Å². The van der Waals surface area contributed by atoms with Gasteiger partial charge in [0.15, 0.2) is 0 Å². The van der Waals surface area contributed by atoms with Crippen molar-refractivity contribution in [3.8, 4) is 0 Å². The van der Waals surface area contributed by atoms with E-state index in [2.05, 4.69) is 43.2 Å². The summed E-state index contributed by atoms with van der Waals surface area (Å²) in [7, 11) is 8.00. The average Bonchev–Trinajstić information content (AvgIpc) is 2.40. The van der Waals surface area contributed by atoms with Gasteiger partial charge in [-0.25, -0.2) is 0 Å².